The van der Waals surface area contributed by atoms with Crippen molar-refractivity contribution >= 4 is 29.9 Å². The molecular weight excluding hydrogens is 401 g/mol. The van der Waals surface area contributed by atoms with E-state index in [1.807, 2.05) is 0 Å². The summed E-state index contributed by atoms with van der Waals surface area (Å²) in [6.45, 7) is 15.7. The fourth-order valence-electron chi connectivity index (χ4n) is 3.24. The van der Waals surface area contributed by atoms with Gasteiger partial charge in [-0.3, -0.25) is 9.89 Å². The predicted molar refractivity (Wildman–Crippen MR) is 110 cm³/mol. The summed E-state index contributed by atoms with van der Waals surface area (Å²) in [5.74, 6) is 1.98. The molecule has 2 rings (SSSR count). The van der Waals surface area contributed by atoms with E-state index in [2.05, 4.69) is 47.8 Å². The van der Waals surface area contributed by atoms with Gasteiger partial charge in [0.15, 0.2) is 5.96 Å². The van der Waals surface area contributed by atoms with Gasteiger partial charge in [0, 0.05) is 51.9 Å². The minimum Gasteiger partial charge on any atom is -0.357 e. The van der Waals surface area contributed by atoms with E-state index in [1.54, 1.807) is 0 Å². The molecule has 1 N–H and O–H groups in total. The first-order chi connectivity index (χ1) is 10.6. The molecule has 0 aromatic heterocycles. The molecule has 0 aromatic carbocycles. The topological polar surface area (TPSA) is 34.1 Å². The molecule has 0 amide bonds. The van der Waals surface area contributed by atoms with Gasteiger partial charge in [0.2, 0.25) is 0 Å². The number of likely N-dealkylation sites (N-methyl/N-ethyl adjacent to an activating group) is 1. The van der Waals surface area contributed by atoms with E-state index >= 15 is 0 Å². The zero-order valence-corrected chi connectivity index (χ0v) is 17.8. The molecule has 1 atom stereocenters. The number of hydrogen-bond donors (Lipinski definition) is 1. The molecule has 2 saturated heterocycles. The highest BCUT2D eigenvalue weighted by atomic mass is 127. The highest BCUT2D eigenvalue weighted by Crippen LogP contribution is 2.16. The van der Waals surface area contributed by atoms with E-state index in [4.69, 9.17) is 4.99 Å². The van der Waals surface area contributed by atoms with Crippen molar-refractivity contribution < 1.29 is 0 Å². The molecule has 2 aliphatic heterocycles. The van der Waals surface area contributed by atoms with Gasteiger partial charge >= 0.3 is 0 Å². The van der Waals surface area contributed by atoms with Crippen LogP contribution in [0.1, 0.15) is 33.6 Å². The zero-order chi connectivity index (χ0) is 15.9. The van der Waals surface area contributed by atoms with Crippen molar-refractivity contribution in [1.82, 2.24) is 20.0 Å². The van der Waals surface area contributed by atoms with Crippen molar-refractivity contribution in [2.45, 2.75) is 39.7 Å². The maximum atomic E-state index is 4.93. The molecule has 2 fully saturated rings. The number of piperidine rings is 1. The molecule has 1 unspecified atom stereocenters. The summed E-state index contributed by atoms with van der Waals surface area (Å²) in [5.41, 5.74) is 0. The molecule has 0 radical (unpaired) electrons. The highest BCUT2D eigenvalue weighted by Gasteiger charge is 2.21. The Morgan fingerprint density at radius 2 is 1.74 bits per heavy atom. The number of rotatable bonds is 4. The van der Waals surface area contributed by atoms with E-state index in [1.165, 1.54) is 39.0 Å². The van der Waals surface area contributed by atoms with Crippen molar-refractivity contribution in [3.8, 4) is 0 Å². The van der Waals surface area contributed by atoms with Gasteiger partial charge in [-0.15, -0.1) is 24.0 Å². The smallest absolute Gasteiger partial charge is 0.193 e. The average Bonchev–Trinajstić information content (AvgIpc) is 2.53. The van der Waals surface area contributed by atoms with Crippen LogP contribution >= 0.6 is 24.0 Å². The molecule has 0 bridgehead atoms. The lowest BCUT2D eigenvalue weighted by Crippen LogP contribution is -2.50. The predicted octanol–water partition coefficient (Wildman–Crippen LogP) is 1.94. The third-order valence-corrected chi connectivity index (χ3v) is 5.08. The Morgan fingerprint density at radius 3 is 2.30 bits per heavy atom. The number of guanidine groups is 1. The maximum Gasteiger partial charge on any atom is 0.193 e. The molecule has 5 nitrogen and oxygen atoms in total. The Labute approximate surface area is 159 Å². The van der Waals surface area contributed by atoms with Crippen LogP contribution < -0.4 is 5.32 Å². The lowest BCUT2D eigenvalue weighted by atomic mass is 10.00. The summed E-state index contributed by atoms with van der Waals surface area (Å²) < 4.78 is 0. The number of halogens is 1. The monoisotopic (exact) mass is 437 g/mol. The number of nitrogens with zero attached hydrogens (tertiary/aromatic N) is 4. The molecule has 0 aliphatic carbocycles. The van der Waals surface area contributed by atoms with Gasteiger partial charge in [0.25, 0.3) is 0 Å². The van der Waals surface area contributed by atoms with Gasteiger partial charge < -0.3 is 15.1 Å². The molecule has 2 heterocycles. The van der Waals surface area contributed by atoms with Crippen LogP contribution in [-0.2, 0) is 0 Å². The Hall–Kier alpha value is -0.0800. The first-order valence-electron chi connectivity index (χ1n) is 9.06. The molecule has 0 spiro atoms. The van der Waals surface area contributed by atoms with Crippen molar-refractivity contribution in [3.05, 3.63) is 0 Å². The molecule has 0 aromatic rings. The fourth-order valence-corrected chi connectivity index (χ4v) is 3.24. The van der Waals surface area contributed by atoms with Crippen LogP contribution in [0, 0.1) is 5.92 Å². The van der Waals surface area contributed by atoms with Gasteiger partial charge in [-0.2, -0.15) is 0 Å². The largest absolute Gasteiger partial charge is 0.357 e. The lowest BCUT2D eigenvalue weighted by Gasteiger charge is -2.36. The number of piperazine rings is 1. The van der Waals surface area contributed by atoms with E-state index in [-0.39, 0.29) is 24.0 Å². The van der Waals surface area contributed by atoms with Crippen molar-refractivity contribution in [1.29, 1.82) is 0 Å². The Balaban J connectivity index is 0.00000264. The Bertz CT molecular complexity index is 347. The van der Waals surface area contributed by atoms with Crippen LogP contribution in [0.15, 0.2) is 4.99 Å². The van der Waals surface area contributed by atoms with Gasteiger partial charge in [-0.1, -0.05) is 6.92 Å². The minimum atomic E-state index is 0. The van der Waals surface area contributed by atoms with E-state index < -0.39 is 0 Å². The van der Waals surface area contributed by atoms with Crippen LogP contribution in [0.5, 0.6) is 0 Å². The van der Waals surface area contributed by atoms with Gasteiger partial charge in [0.1, 0.15) is 0 Å². The quantitative estimate of drug-likeness (QED) is 0.414. The second-order valence-electron chi connectivity index (χ2n) is 7.05. The fraction of sp³-hybridized carbons (Fsp3) is 0.941. The third kappa shape index (κ3) is 6.74. The maximum absolute atomic E-state index is 4.93. The van der Waals surface area contributed by atoms with Crippen LogP contribution in [-0.4, -0.2) is 86.1 Å². The van der Waals surface area contributed by atoms with Gasteiger partial charge in [0.05, 0.1) is 6.54 Å². The summed E-state index contributed by atoms with van der Waals surface area (Å²) in [5, 5.41) is 3.48. The van der Waals surface area contributed by atoms with E-state index in [0.717, 1.165) is 38.1 Å². The minimum absolute atomic E-state index is 0. The molecule has 0 saturated carbocycles. The Kier molecular flexibility index (Phi) is 9.77. The summed E-state index contributed by atoms with van der Waals surface area (Å²) >= 11 is 0. The van der Waals surface area contributed by atoms with Crippen LogP contribution in [0.25, 0.3) is 0 Å². The van der Waals surface area contributed by atoms with Crippen molar-refractivity contribution in [2.24, 2.45) is 10.9 Å². The molecular formula is C17H36IN5. The van der Waals surface area contributed by atoms with Crippen LogP contribution in [0.3, 0.4) is 0 Å². The van der Waals surface area contributed by atoms with Crippen LogP contribution in [0.4, 0.5) is 0 Å². The normalized spacial score (nSPS) is 23.5. The van der Waals surface area contributed by atoms with Crippen molar-refractivity contribution in [2.75, 3.05) is 59.4 Å². The SMILES string of the molecule is CCNC(=NCC(C)N1CCN(C)CC1)N1CCC(C)CC1.I. The summed E-state index contributed by atoms with van der Waals surface area (Å²) in [6.07, 6.45) is 2.58. The highest BCUT2D eigenvalue weighted by molar-refractivity contribution is 14.0. The van der Waals surface area contributed by atoms with Crippen molar-refractivity contribution in [3.63, 3.8) is 0 Å². The average molecular weight is 437 g/mol. The third-order valence-electron chi connectivity index (χ3n) is 5.08. The number of aliphatic imine (C=N–C) groups is 1. The standard InChI is InChI=1S/C17H35N5.HI/c1-5-18-17(22-8-6-15(2)7-9-22)19-14-16(3)21-12-10-20(4)11-13-21;/h15-16H,5-14H2,1-4H3,(H,18,19);1H. The van der Waals surface area contributed by atoms with E-state index in [0.29, 0.717) is 6.04 Å². The summed E-state index contributed by atoms with van der Waals surface area (Å²) in [6, 6.07) is 0.533. The van der Waals surface area contributed by atoms with Crippen LogP contribution in [0.2, 0.25) is 0 Å². The first-order valence-corrected chi connectivity index (χ1v) is 9.06. The Morgan fingerprint density at radius 1 is 1.13 bits per heavy atom. The molecule has 6 heteroatoms. The summed E-state index contributed by atoms with van der Waals surface area (Å²) in [4.78, 5) is 12.4. The van der Waals surface area contributed by atoms with Gasteiger partial charge in [-0.25, -0.2) is 0 Å². The lowest BCUT2D eigenvalue weighted by molar-refractivity contribution is 0.122. The number of nitrogens with one attached hydrogen (secondary N) is 1. The zero-order valence-electron chi connectivity index (χ0n) is 15.4. The molecule has 2 aliphatic rings. The molecule has 136 valence electrons. The van der Waals surface area contributed by atoms with E-state index in [9.17, 15) is 0 Å². The molecule has 23 heavy (non-hydrogen) atoms. The number of likely N-dealkylation sites (tertiary alicyclic amines) is 1. The second kappa shape index (κ2) is 10.7. The second-order valence-corrected chi connectivity index (χ2v) is 7.05. The number of hydrogen-bond acceptors (Lipinski definition) is 3. The first kappa shape index (κ1) is 21.0. The van der Waals surface area contributed by atoms with Gasteiger partial charge in [-0.05, 0) is 39.7 Å². The summed E-state index contributed by atoms with van der Waals surface area (Å²) in [7, 11) is 2.21.